The maximum absolute atomic E-state index is 10.8. The predicted molar refractivity (Wildman–Crippen MR) is 65.0 cm³/mol. The Kier molecular flexibility index (Phi) is 3.50. The molecule has 0 aliphatic rings. The van der Waals surface area contributed by atoms with E-state index in [2.05, 4.69) is 0 Å². The van der Waals surface area contributed by atoms with Crippen LogP contribution in [0.25, 0.3) is 6.08 Å². The van der Waals surface area contributed by atoms with Gasteiger partial charge in [0.1, 0.15) is 0 Å². The van der Waals surface area contributed by atoms with E-state index < -0.39 is 4.92 Å². The van der Waals surface area contributed by atoms with Crippen molar-refractivity contribution in [3.8, 4) is 0 Å². The second-order valence-electron chi connectivity index (χ2n) is 3.80. The predicted octanol–water partition coefficient (Wildman–Crippen LogP) is 2.02. The molecule has 1 rings (SSSR count). The molecule has 0 aliphatic heterocycles. The zero-order chi connectivity index (χ0) is 12.3. The number of anilines is 1. The highest BCUT2D eigenvalue weighted by molar-refractivity contribution is 5.67. The number of nitrogens with two attached hydrogens (primary N) is 1. The topological polar surface area (TPSA) is 72.4 Å². The van der Waals surface area contributed by atoms with Crippen molar-refractivity contribution in [3.05, 3.63) is 39.6 Å². The molecular weight excluding hydrogens is 206 g/mol. The number of aryl methyl sites for hydroxylation is 1. The van der Waals surface area contributed by atoms with Crippen molar-refractivity contribution in [3.63, 3.8) is 0 Å². The molecule has 0 aromatic heterocycles. The summed E-state index contributed by atoms with van der Waals surface area (Å²) in [6, 6.07) is 3.11. The van der Waals surface area contributed by atoms with Crippen molar-refractivity contribution in [2.45, 2.75) is 6.92 Å². The Morgan fingerprint density at radius 2 is 2.06 bits per heavy atom. The van der Waals surface area contributed by atoms with Gasteiger partial charge in [0, 0.05) is 25.8 Å². The standard InChI is InChI=1S/C11H15N3O2/c1-8-6-9(4-5-13(2)3)11(14(15)16)7-10(8)12/h4-7H,12H2,1-3H3/b5-4+. The number of hydrogen-bond donors (Lipinski definition) is 1. The summed E-state index contributed by atoms with van der Waals surface area (Å²) >= 11 is 0. The number of benzene rings is 1. The van der Waals surface area contributed by atoms with E-state index in [1.807, 2.05) is 25.9 Å². The van der Waals surface area contributed by atoms with Crippen LogP contribution >= 0.6 is 0 Å². The van der Waals surface area contributed by atoms with Crippen molar-refractivity contribution >= 4 is 17.5 Å². The van der Waals surface area contributed by atoms with Gasteiger partial charge in [0.05, 0.1) is 10.5 Å². The molecule has 1 aromatic rings. The zero-order valence-electron chi connectivity index (χ0n) is 9.60. The van der Waals surface area contributed by atoms with Crippen molar-refractivity contribution < 1.29 is 4.92 Å². The first-order valence-corrected chi connectivity index (χ1v) is 4.81. The Balaban J connectivity index is 3.25. The zero-order valence-corrected chi connectivity index (χ0v) is 9.60. The van der Waals surface area contributed by atoms with Gasteiger partial charge in [-0.2, -0.15) is 0 Å². The van der Waals surface area contributed by atoms with Gasteiger partial charge in [-0.25, -0.2) is 0 Å². The van der Waals surface area contributed by atoms with Crippen molar-refractivity contribution in [2.24, 2.45) is 0 Å². The molecule has 0 spiro atoms. The SMILES string of the molecule is Cc1cc(/C=C/N(C)C)c([N+](=O)[O-])cc1N. The summed E-state index contributed by atoms with van der Waals surface area (Å²) in [5, 5.41) is 10.8. The summed E-state index contributed by atoms with van der Waals surface area (Å²) in [5.41, 5.74) is 7.51. The molecular formula is C11H15N3O2. The molecule has 2 N–H and O–H groups in total. The van der Waals surface area contributed by atoms with E-state index in [0.29, 0.717) is 11.3 Å². The number of nitro groups is 1. The minimum atomic E-state index is -0.425. The summed E-state index contributed by atoms with van der Waals surface area (Å²) in [6.07, 6.45) is 3.46. The number of nitrogens with zero attached hydrogens (tertiary/aromatic N) is 2. The third-order valence-electron chi connectivity index (χ3n) is 2.16. The molecule has 0 saturated carbocycles. The lowest BCUT2D eigenvalue weighted by molar-refractivity contribution is -0.385. The van der Waals surface area contributed by atoms with Gasteiger partial charge in [-0.15, -0.1) is 0 Å². The van der Waals surface area contributed by atoms with Crippen molar-refractivity contribution in [1.82, 2.24) is 4.90 Å². The number of rotatable bonds is 3. The molecule has 0 saturated heterocycles. The normalized spacial score (nSPS) is 10.7. The van der Waals surface area contributed by atoms with Crippen LogP contribution in [0.3, 0.4) is 0 Å². The van der Waals surface area contributed by atoms with E-state index in [1.165, 1.54) is 6.07 Å². The molecule has 0 unspecified atom stereocenters. The highest BCUT2D eigenvalue weighted by Crippen LogP contribution is 2.26. The molecule has 5 heteroatoms. The summed E-state index contributed by atoms with van der Waals surface area (Å²) in [7, 11) is 3.71. The van der Waals surface area contributed by atoms with Gasteiger partial charge in [-0.05, 0) is 30.8 Å². The van der Waals surface area contributed by atoms with Crippen LogP contribution in [0, 0.1) is 17.0 Å². The van der Waals surface area contributed by atoms with Crippen LogP contribution in [0.2, 0.25) is 0 Å². The molecule has 0 fully saturated rings. The van der Waals surface area contributed by atoms with Gasteiger partial charge in [-0.3, -0.25) is 10.1 Å². The number of nitro benzene ring substituents is 1. The van der Waals surface area contributed by atoms with E-state index in [9.17, 15) is 10.1 Å². The van der Waals surface area contributed by atoms with E-state index in [1.54, 1.807) is 18.3 Å². The third-order valence-corrected chi connectivity index (χ3v) is 2.16. The van der Waals surface area contributed by atoms with E-state index in [0.717, 1.165) is 5.56 Å². The summed E-state index contributed by atoms with van der Waals surface area (Å²) < 4.78 is 0. The van der Waals surface area contributed by atoms with E-state index >= 15 is 0 Å². The minimum Gasteiger partial charge on any atom is -0.398 e. The maximum Gasteiger partial charge on any atom is 0.278 e. The van der Waals surface area contributed by atoms with Crippen molar-refractivity contribution in [2.75, 3.05) is 19.8 Å². The van der Waals surface area contributed by atoms with Crippen LogP contribution in [0.4, 0.5) is 11.4 Å². The molecule has 5 nitrogen and oxygen atoms in total. The molecule has 1 aromatic carbocycles. The summed E-state index contributed by atoms with van der Waals surface area (Å²) in [5.74, 6) is 0. The second-order valence-corrected chi connectivity index (χ2v) is 3.80. The number of hydrogen-bond acceptors (Lipinski definition) is 4. The first-order valence-electron chi connectivity index (χ1n) is 4.81. The molecule has 0 atom stereocenters. The fraction of sp³-hybridized carbons (Fsp3) is 0.273. The molecule has 0 heterocycles. The van der Waals surface area contributed by atoms with Crippen LogP contribution < -0.4 is 5.73 Å². The van der Waals surface area contributed by atoms with Gasteiger partial charge in [0.2, 0.25) is 0 Å². The average Bonchev–Trinajstić information content (AvgIpc) is 2.18. The van der Waals surface area contributed by atoms with Crippen LogP contribution in [0.15, 0.2) is 18.3 Å². The monoisotopic (exact) mass is 221 g/mol. The van der Waals surface area contributed by atoms with Gasteiger partial charge in [0.25, 0.3) is 5.69 Å². The lowest BCUT2D eigenvalue weighted by atomic mass is 10.1. The fourth-order valence-electron chi connectivity index (χ4n) is 1.26. The van der Waals surface area contributed by atoms with Crippen molar-refractivity contribution in [1.29, 1.82) is 0 Å². The largest absolute Gasteiger partial charge is 0.398 e. The molecule has 0 aliphatic carbocycles. The highest BCUT2D eigenvalue weighted by Gasteiger charge is 2.13. The van der Waals surface area contributed by atoms with E-state index in [-0.39, 0.29) is 5.69 Å². The van der Waals surface area contributed by atoms with Gasteiger partial charge in [-0.1, -0.05) is 0 Å². The smallest absolute Gasteiger partial charge is 0.278 e. The molecule has 0 amide bonds. The average molecular weight is 221 g/mol. The second kappa shape index (κ2) is 4.65. The lowest BCUT2D eigenvalue weighted by Crippen LogP contribution is -2.01. The van der Waals surface area contributed by atoms with E-state index in [4.69, 9.17) is 5.73 Å². The van der Waals surface area contributed by atoms with Crippen LogP contribution in [0.1, 0.15) is 11.1 Å². The lowest BCUT2D eigenvalue weighted by Gasteiger charge is -2.06. The Hall–Kier alpha value is -2.04. The Labute approximate surface area is 94.3 Å². The van der Waals surface area contributed by atoms with Crippen LogP contribution in [0.5, 0.6) is 0 Å². The Morgan fingerprint density at radius 1 is 1.44 bits per heavy atom. The number of nitrogen functional groups attached to an aromatic ring is 1. The Bertz CT molecular complexity index is 439. The highest BCUT2D eigenvalue weighted by atomic mass is 16.6. The fourth-order valence-corrected chi connectivity index (χ4v) is 1.26. The summed E-state index contributed by atoms with van der Waals surface area (Å²) in [4.78, 5) is 12.2. The van der Waals surface area contributed by atoms with Crippen LogP contribution in [-0.4, -0.2) is 23.9 Å². The molecule has 0 bridgehead atoms. The van der Waals surface area contributed by atoms with Gasteiger partial charge in [0.15, 0.2) is 0 Å². The molecule has 86 valence electrons. The Morgan fingerprint density at radius 3 is 2.56 bits per heavy atom. The first kappa shape index (κ1) is 12.0. The summed E-state index contributed by atoms with van der Waals surface area (Å²) in [6.45, 7) is 1.83. The van der Waals surface area contributed by atoms with Gasteiger partial charge >= 0.3 is 0 Å². The third kappa shape index (κ3) is 2.73. The minimum absolute atomic E-state index is 0.0289. The maximum atomic E-state index is 10.8. The molecule has 16 heavy (non-hydrogen) atoms. The van der Waals surface area contributed by atoms with Gasteiger partial charge < -0.3 is 10.6 Å². The quantitative estimate of drug-likeness (QED) is 0.481. The first-order chi connectivity index (χ1) is 7.41. The van der Waals surface area contributed by atoms with Crippen LogP contribution in [-0.2, 0) is 0 Å². The molecule has 0 radical (unpaired) electrons.